The molecular formula is C19H22O7. The standard InChI is InChI=1S/C19H22O7/c1-10-8-12-4-3-5-14(21)18(24)15(22)7-6-13(20)11(2)26-19(25)17(12)16(23)9-10/h3-4,6-9,11,13-14,18,20-21,23-24H,5H2,1-2H3/b4-3+,7-6-/t11-,13+,14-,18-/m0/s1. The van der Waals surface area contributed by atoms with E-state index in [-0.39, 0.29) is 17.7 Å². The summed E-state index contributed by atoms with van der Waals surface area (Å²) in [6, 6.07) is 3.06. The van der Waals surface area contributed by atoms with Crippen LogP contribution in [-0.4, -0.2) is 56.6 Å². The summed E-state index contributed by atoms with van der Waals surface area (Å²) < 4.78 is 5.18. The molecule has 7 heteroatoms. The molecule has 140 valence electrons. The third kappa shape index (κ3) is 4.57. The van der Waals surface area contributed by atoms with Gasteiger partial charge in [0.2, 0.25) is 0 Å². The number of hydrogen-bond acceptors (Lipinski definition) is 7. The van der Waals surface area contributed by atoms with Gasteiger partial charge in [-0.15, -0.1) is 0 Å². The molecule has 0 unspecified atom stereocenters. The number of esters is 1. The highest BCUT2D eigenvalue weighted by Gasteiger charge is 2.25. The van der Waals surface area contributed by atoms with Gasteiger partial charge in [-0.1, -0.05) is 18.2 Å². The Morgan fingerprint density at radius 1 is 1.12 bits per heavy atom. The van der Waals surface area contributed by atoms with Gasteiger partial charge in [-0.2, -0.15) is 0 Å². The number of aromatic hydroxyl groups is 1. The minimum Gasteiger partial charge on any atom is -0.507 e. The van der Waals surface area contributed by atoms with Crippen LogP contribution < -0.4 is 0 Å². The predicted octanol–water partition coefficient (Wildman–Crippen LogP) is 0.871. The zero-order valence-corrected chi connectivity index (χ0v) is 14.5. The second-order valence-electron chi connectivity index (χ2n) is 6.26. The summed E-state index contributed by atoms with van der Waals surface area (Å²) in [5.41, 5.74) is 0.986. The van der Waals surface area contributed by atoms with Crippen LogP contribution in [0.15, 0.2) is 30.4 Å². The molecule has 0 radical (unpaired) electrons. The van der Waals surface area contributed by atoms with E-state index in [1.807, 2.05) is 0 Å². The molecule has 1 aliphatic rings. The van der Waals surface area contributed by atoms with Gasteiger partial charge in [0.1, 0.15) is 29.6 Å². The molecule has 0 spiro atoms. The number of ketones is 1. The van der Waals surface area contributed by atoms with Crippen LogP contribution in [0, 0.1) is 6.92 Å². The van der Waals surface area contributed by atoms with Crippen LogP contribution in [0.3, 0.4) is 0 Å². The normalized spacial score (nSPS) is 30.0. The van der Waals surface area contributed by atoms with E-state index in [4.69, 9.17) is 4.74 Å². The van der Waals surface area contributed by atoms with E-state index in [2.05, 4.69) is 0 Å². The number of carbonyl (C=O) groups excluding carboxylic acids is 2. The molecule has 26 heavy (non-hydrogen) atoms. The van der Waals surface area contributed by atoms with Gasteiger partial charge in [-0.05, 0) is 49.6 Å². The van der Waals surface area contributed by atoms with E-state index in [1.165, 1.54) is 25.1 Å². The van der Waals surface area contributed by atoms with Gasteiger partial charge in [0.15, 0.2) is 5.78 Å². The number of phenolic OH excluding ortho intramolecular Hbond substituents is 1. The molecule has 1 heterocycles. The van der Waals surface area contributed by atoms with E-state index in [1.54, 1.807) is 13.0 Å². The van der Waals surface area contributed by atoms with Gasteiger partial charge in [0.25, 0.3) is 0 Å². The molecule has 0 saturated heterocycles. The highest BCUT2D eigenvalue weighted by molar-refractivity contribution is 5.97. The number of fused-ring (bicyclic) bond motifs is 1. The molecule has 0 fully saturated rings. The summed E-state index contributed by atoms with van der Waals surface area (Å²) in [4.78, 5) is 24.3. The van der Waals surface area contributed by atoms with Crippen molar-refractivity contribution in [1.29, 1.82) is 0 Å². The Balaban J connectivity index is 2.48. The van der Waals surface area contributed by atoms with E-state index < -0.39 is 36.2 Å². The molecule has 0 aromatic heterocycles. The molecule has 2 rings (SSSR count). The first-order chi connectivity index (χ1) is 12.2. The lowest BCUT2D eigenvalue weighted by molar-refractivity contribution is -0.127. The average molecular weight is 362 g/mol. The zero-order chi connectivity index (χ0) is 19.4. The van der Waals surface area contributed by atoms with E-state index in [9.17, 15) is 30.0 Å². The van der Waals surface area contributed by atoms with Crippen molar-refractivity contribution in [1.82, 2.24) is 0 Å². The van der Waals surface area contributed by atoms with E-state index in [0.717, 1.165) is 12.2 Å². The van der Waals surface area contributed by atoms with E-state index >= 15 is 0 Å². The summed E-state index contributed by atoms with van der Waals surface area (Å²) >= 11 is 0. The van der Waals surface area contributed by atoms with Gasteiger partial charge in [0.05, 0.1) is 6.10 Å². The first-order valence-electron chi connectivity index (χ1n) is 8.18. The monoisotopic (exact) mass is 362 g/mol. The lowest BCUT2D eigenvalue weighted by atomic mass is 10.00. The highest BCUT2D eigenvalue weighted by Crippen LogP contribution is 2.27. The number of ether oxygens (including phenoxy) is 1. The SMILES string of the molecule is Cc1cc(O)c2c(c1)/C=C/C[C@H](O)[C@H](O)C(=O)/C=C\[C@@H](O)[C@H](C)OC2=O. The van der Waals surface area contributed by atoms with Crippen molar-refractivity contribution in [2.45, 2.75) is 44.7 Å². The summed E-state index contributed by atoms with van der Waals surface area (Å²) in [5.74, 6) is -1.87. The Bertz CT molecular complexity index is 750. The Kier molecular flexibility index (Phi) is 6.31. The molecule has 1 aromatic carbocycles. The minimum absolute atomic E-state index is 0.0527. The Labute approximate surface area is 150 Å². The highest BCUT2D eigenvalue weighted by atomic mass is 16.6. The second kappa shape index (κ2) is 8.27. The largest absolute Gasteiger partial charge is 0.507 e. The van der Waals surface area contributed by atoms with Crippen LogP contribution in [0.2, 0.25) is 0 Å². The molecule has 1 aliphatic heterocycles. The molecule has 1 aromatic rings. The summed E-state index contributed by atoms with van der Waals surface area (Å²) in [6.45, 7) is 3.16. The van der Waals surface area contributed by atoms with Crippen molar-refractivity contribution >= 4 is 17.8 Å². The van der Waals surface area contributed by atoms with Crippen molar-refractivity contribution in [3.05, 3.63) is 47.1 Å². The zero-order valence-electron chi connectivity index (χ0n) is 14.5. The molecule has 4 atom stereocenters. The van der Waals surface area contributed by atoms with Crippen LogP contribution in [0.25, 0.3) is 6.08 Å². The van der Waals surface area contributed by atoms with E-state index in [0.29, 0.717) is 11.1 Å². The quantitative estimate of drug-likeness (QED) is 0.505. The average Bonchev–Trinajstić information content (AvgIpc) is 2.56. The predicted molar refractivity (Wildman–Crippen MR) is 93.5 cm³/mol. The van der Waals surface area contributed by atoms with Gasteiger partial charge in [-0.3, -0.25) is 4.79 Å². The third-order valence-electron chi connectivity index (χ3n) is 4.06. The van der Waals surface area contributed by atoms with Crippen LogP contribution in [0.1, 0.15) is 34.8 Å². The Hall–Kier alpha value is -2.48. The maximum absolute atomic E-state index is 12.4. The van der Waals surface area contributed by atoms with Crippen molar-refractivity contribution < 1.29 is 34.8 Å². The number of benzene rings is 1. The van der Waals surface area contributed by atoms with Crippen LogP contribution in [0.4, 0.5) is 0 Å². The molecule has 0 aliphatic carbocycles. The number of carbonyl (C=O) groups is 2. The summed E-state index contributed by atoms with van der Waals surface area (Å²) in [5, 5.41) is 39.9. The maximum Gasteiger partial charge on any atom is 0.342 e. The number of rotatable bonds is 0. The van der Waals surface area contributed by atoms with Crippen LogP contribution in [0.5, 0.6) is 5.75 Å². The van der Waals surface area contributed by atoms with Crippen molar-refractivity contribution in [2.24, 2.45) is 0 Å². The molecule has 0 bridgehead atoms. The second-order valence-corrected chi connectivity index (χ2v) is 6.26. The summed E-state index contributed by atoms with van der Waals surface area (Å²) in [6.07, 6.45) is -0.365. The smallest absolute Gasteiger partial charge is 0.342 e. The number of aliphatic hydroxyl groups is 3. The lowest BCUT2D eigenvalue weighted by Crippen LogP contribution is -2.33. The fraction of sp³-hybridized carbons (Fsp3) is 0.368. The number of phenols is 1. The molecule has 7 nitrogen and oxygen atoms in total. The fourth-order valence-electron chi connectivity index (χ4n) is 2.55. The first kappa shape index (κ1) is 19.8. The maximum atomic E-state index is 12.4. The van der Waals surface area contributed by atoms with Crippen molar-refractivity contribution in [2.75, 3.05) is 0 Å². The lowest BCUT2D eigenvalue weighted by Gasteiger charge is -2.19. The number of cyclic esters (lactones) is 1. The summed E-state index contributed by atoms with van der Waals surface area (Å²) in [7, 11) is 0. The van der Waals surface area contributed by atoms with Crippen LogP contribution >= 0.6 is 0 Å². The molecule has 0 amide bonds. The number of aliphatic hydroxyl groups excluding tert-OH is 3. The van der Waals surface area contributed by atoms with Gasteiger partial charge < -0.3 is 25.2 Å². The minimum atomic E-state index is -1.64. The van der Waals surface area contributed by atoms with Crippen molar-refractivity contribution in [3.63, 3.8) is 0 Å². The fourth-order valence-corrected chi connectivity index (χ4v) is 2.55. The topological polar surface area (TPSA) is 124 Å². The Morgan fingerprint density at radius 2 is 1.81 bits per heavy atom. The Morgan fingerprint density at radius 3 is 2.50 bits per heavy atom. The van der Waals surface area contributed by atoms with Gasteiger partial charge >= 0.3 is 5.97 Å². The van der Waals surface area contributed by atoms with Crippen LogP contribution in [-0.2, 0) is 9.53 Å². The molecule has 4 N–H and O–H groups in total. The number of aryl methyl sites for hydroxylation is 1. The van der Waals surface area contributed by atoms with Crippen molar-refractivity contribution in [3.8, 4) is 5.75 Å². The van der Waals surface area contributed by atoms with Gasteiger partial charge in [0, 0.05) is 0 Å². The van der Waals surface area contributed by atoms with Gasteiger partial charge in [-0.25, -0.2) is 4.79 Å². The molecule has 0 saturated carbocycles. The first-order valence-corrected chi connectivity index (χ1v) is 8.18. The number of hydrogen-bond donors (Lipinski definition) is 4. The molecular weight excluding hydrogens is 340 g/mol. The third-order valence-corrected chi connectivity index (χ3v) is 4.06.